The summed E-state index contributed by atoms with van der Waals surface area (Å²) >= 11 is 0. The number of hydrogen-bond donors (Lipinski definition) is 1. The molecule has 0 aromatic heterocycles. The van der Waals surface area contributed by atoms with Gasteiger partial charge in [0.25, 0.3) is 0 Å². The van der Waals surface area contributed by atoms with Crippen molar-refractivity contribution < 1.29 is 9.63 Å². The summed E-state index contributed by atoms with van der Waals surface area (Å²) in [6.07, 6.45) is 1.41. The van der Waals surface area contributed by atoms with Crippen LogP contribution >= 0.6 is 0 Å². The summed E-state index contributed by atoms with van der Waals surface area (Å²) < 4.78 is 0. The van der Waals surface area contributed by atoms with E-state index < -0.39 is 0 Å². The Hall–Kier alpha value is -0.410. The smallest absolute Gasteiger partial charge is 0.129 e. The fraction of sp³-hybridized carbons (Fsp3) is 0.875. The molecule has 11 heavy (non-hydrogen) atoms. The third kappa shape index (κ3) is 17.7. The van der Waals surface area contributed by atoms with Crippen LogP contribution in [0.15, 0.2) is 0 Å². The van der Waals surface area contributed by atoms with Crippen molar-refractivity contribution in [3.63, 3.8) is 0 Å². The molecule has 68 valence electrons. The molecule has 0 heterocycles. The van der Waals surface area contributed by atoms with Crippen molar-refractivity contribution in [2.45, 2.75) is 33.6 Å². The van der Waals surface area contributed by atoms with Gasteiger partial charge in [-0.05, 0) is 13.3 Å². The van der Waals surface area contributed by atoms with Crippen molar-refractivity contribution >= 4 is 5.78 Å². The molecule has 0 fully saturated rings. The quantitative estimate of drug-likeness (QED) is 0.491. The van der Waals surface area contributed by atoms with Gasteiger partial charge in [-0.15, -0.1) is 0 Å². The molecule has 0 bridgehead atoms. The third-order valence-electron chi connectivity index (χ3n) is 0.920. The van der Waals surface area contributed by atoms with Crippen LogP contribution in [0.1, 0.15) is 33.6 Å². The molecular weight excluding hydrogens is 142 g/mol. The molecule has 0 spiro atoms. The average molecular weight is 161 g/mol. The Morgan fingerprint density at radius 1 is 1.45 bits per heavy atom. The Morgan fingerprint density at radius 3 is 2.36 bits per heavy atom. The first-order chi connectivity index (χ1) is 5.27. The summed E-state index contributed by atoms with van der Waals surface area (Å²) in [5, 5.41) is 0. The van der Waals surface area contributed by atoms with Gasteiger partial charge in [0.1, 0.15) is 5.78 Å². The van der Waals surface area contributed by atoms with E-state index in [-0.39, 0.29) is 5.78 Å². The van der Waals surface area contributed by atoms with Gasteiger partial charge in [-0.2, -0.15) is 0 Å². The van der Waals surface area contributed by atoms with Crippen LogP contribution in [-0.4, -0.2) is 19.4 Å². The molecular formula is C8H19NO2. The number of nitrogens with one attached hydrogen (secondary N) is 1. The molecule has 3 nitrogen and oxygen atoms in total. The van der Waals surface area contributed by atoms with Gasteiger partial charge in [0, 0.05) is 13.5 Å². The number of rotatable bonds is 5. The van der Waals surface area contributed by atoms with Crippen molar-refractivity contribution in [1.82, 2.24) is 5.48 Å². The Balaban J connectivity index is 0. The Kier molecular flexibility index (Phi) is 14.7. The van der Waals surface area contributed by atoms with E-state index in [0.717, 1.165) is 6.42 Å². The van der Waals surface area contributed by atoms with Gasteiger partial charge in [-0.1, -0.05) is 13.8 Å². The lowest BCUT2D eigenvalue weighted by Crippen LogP contribution is -2.08. The van der Waals surface area contributed by atoms with Crippen LogP contribution in [0.2, 0.25) is 0 Å². The first-order valence-corrected chi connectivity index (χ1v) is 4.05. The van der Waals surface area contributed by atoms with Crippen molar-refractivity contribution in [3.05, 3.63) is 0 Å². The van der Waals surface area contributed by atoms with Crippen LogP contribution in [0.25, 0.3) is 0 Å². The van der Waals surface area contributed by atoms with Gasteiger partial charge >= 0.3 is 0 Å². The van der Waals surface area contributed by atoms with Crippen molar-refractivity contribution in [1.29, 1.82) is 0 Å². The maximum absolute atomic E-state index is 10.3. The lowest BCUT2D eigenvalue weighted by molar-refractivity contribution is -0.117. The highest BCUT2D eigenvalue weighted by molar-refractivity contribution is 5.75. The highest BCUT2D eigenvalue weighted by Crippen LogP contribution is 1.88. The Labute approximate surface area is 69.1 Å². The molecule has 0 aliphatic carbocycles. The van der Waals surface area contributed by atoms with Gasteiger partial charge in [0.2, 0.25) is 0 Å². The van der Waals surface area contributed by atoms with Gasteiger partial charge in [0.05, 0.1) is 6.61 Å². The van der Waals surface area contributed by atoms with Crippen LogP contribution in [0.4, 0.5) is 0 Å². The summed E-state index contributed by atoms with van der Waals surface area (Å²) in [6, 6.07) is 0. The van der Waals surface area contributed by atoms with Crippen LogP contribution in [0.5, 0.6) is 0 Å². The third-order valence-corrected chi connectivity index (χ3v) is 0.920. The average Bonchev–Trinajstić information content (AvgIpc) is 2.02. The molecule has 0 saturated carbocycles. The lowest BCUT2D eigenvalue weighted by Gasteiger charge is -1.97. The molecule has 0 rings (SSSR count). The molecule has 0 aromatic rings. The summed E-state index contributed by atoms with van der Waals surface area (Å²) in [6.45, 7) is 6.19. The Morgan fingerprint density at radius 2 is 2.00 bits per heavy atom. The zero-order valence-electron chi connectivity index (χ0n) is 7.94. The van der Waals surface area contributed by atoms with Crippen LogP contribution in [0.3, 0.4) is 0 Å². The Bertz CT molecular complexity index is 84.2. The molecule has 0 atom stereocenters. The molecule has 1 N–H and O–H groups in total. The minimum atomic E-state index is 0.217. The van der Waals surface area contributed by atoms with Crippen molar-refractivity contribution in [2.75, 3.05) is 13.7 Å². The molecule has 3 heteroatoms. The second-order valence-electron chi connectivity index (χ2n) is 1.86. The SMILES string of the molecule is CC.CNOCCCC(C)=O. The maximum Gasteiger partial charge on any atom is 0.129 e. The maximum atomic E-state index is 10.3. The topological polar surface area (TPSA) is 38.3 Å². The van der Waals surface area contributed by atoms with E-state index in [2.05, 4.69) is 5.48 Å². The van der Waals surface area contributed by atoms with E-state index in [1.165, 1.54) is 0 Å². The second-order valence-corrected chi connectivity index (χ2v) is 1.86. The predicted octanol–water partition coefficient (Wildman–Crippen LogP) is 1.53. The first-order valence-electron chi connectivity index (χ1n) is 4.05. The van der Waals surface area contributed by atoms with Crippen LogP contribution < -0.4 is 5.48 Å². The summed E-state index contributed by atoms with van der Waals surface area (Å²) in [5.41, 5.74) is 2.53. The highest BCUT2D eigenvalue weighted by atomic mass is 16.6. The second kappa shape index (κ2) is 12.3. The standard InChI is InChI=1S/C6H13NO2.C2H6/c1-6(8)4-3-5-9-7-2;1-2/h7H,3-5H2,1-2H3;1-2H3. The summed E-state index contributed by atoms with van der Waals surface area (Å²) in [7, 11) is 1.70. The number of carbonyl (C=O) groups is 1. The zero-order chi connectivity index (χ0) is 9.11. The van der Waals surface area contributed by atoms with E-state index in [1.807, 2.05) is 13.8 Å². The normalized spacial score (nSPS) is 8.36. The van der Waals surface area contributed by atoms with Crippen LogP contribution in [-0.2, 0) is 9.63 Å². The van der Waals surface area contributed by atoms with Gasteiger partial charge in [-0.3, -0.25) is 0 Å². The zero-order valence-corrected chi connectivity index (χ0v) is 7.94. The number of ketones is 1. The van der Waals surface area contributed by atoms with E-state index in [1.54, 1.807) is 14.0 Å². The fourth-order valence-electron chi connectivity index (χ4n) is 0.495. The van der Waals surface area contributed by atoms with Gasteiger partial charge in [-0.25, -0.2) is 5.48 Å². The number of hydrogen-bond acceptors (Lipinski definition) is 3. The van der Waals surface area contributed by atoms with Crippen molar-refractivity contribution in [3.8, 4) is 0 Å². The molecule has 0 unspecified atom stereocenters. The largest absolute Gasteiger partial charge is 0.302 e. The first kappa shape index (κ1) is 13.2. The van der Waals surface area contributed by atoms with E-state index in [4.69, 9.17) is 4.84 Å². The fourth-order valence-corrected chi connectivity index (χ4v) is 0.495. The molecule has 0 aliphatic rings. The number of carbonyl (C=O) groups excluding carboxylic acids is 1. The molecule has 0 aromatic carbocycles. The minimum Gasteiger partial charge on any atom is -0.302 e. The predicted molar refractivity (Wildman–Crippen MR) is 46.3 cm³/mol. The highest BCUT2D eigenvalue weighted by Gasteiger charge is 1.91. The molecule has 0 radical (unpaired) electrons. The van der Waals surface area contributed by atoms with Gasteiger partial charge in [0.15, 0.2) is 0 Å². The molecule has 0 saturated heterocycles. The van der Waals surface area contributed by atoms with Gasteiger partial charge < -0.3 is 9.63 Å². The van der Waals surface area contributed by atoms with Crippen LogP contribution in [0, 0.1) is 0 Å². The van der Waals surface area contributed by atoms with Crippen molar-refractivity contribution in [2.24, 2.45) is 0 Å². The van der Waals surface area contributed by atoms with E-state index in [0.29, 0.717) is 13.0 Å². The summed E-state index contributed by atoms with van der Waals surface area (Å²) in [5.74, 6) is 0.217. The molecule has 0 amide bonds. The van der Waals surface area contributed by atoms with E-state index >= 15 is 0 Å². The van der Waals surface area contributed by atoms with E-state index in [9.17, 15) is 4.79 Å². The summed E-state index contributed by atoms with van der Waals surface area (Å²) in [4.78, 5) is 15.1. The monoisotopic (exact) mass is 161 g/mol. The minimum absolute atomic E-state index is 0.217. The number of hydroxylamine groups is 1. The lowest BCUT2D eigenvalue weighted by atomic mass is 10.2. The molecule has 0 aliphatic heterocycles. The number of Topliss-reactive ketones (excluding diaryl/α,β-unsaturated/α-hetero) is 1.